The van der Waals surface area contributed by atoms with Crippen molar-refractivity contribution in [1.29, 1.82) is 0 Å². The van der Waals surface area contributed by atoms with Crippen LogP contribution in [0.2, 0.25) is 0 Å². The normalized spacial score (nSPS) is 38.9. The highest BCUT2D eigenvalue weighted by molar-refractivity contribution is 4.98. The topological polar surface area (TPSA) is 9.23 Å². The number of hydrogen-bond acceptors (Lipinski definition) is 1. The maximum Gasteiger partial charge on any atom is 0.361 e. The molecule has 1 aliphatic heterocycles. The van der Waals surface area contributed by atoms with Crippen LogP contribution in [0.3, 0.4) is 0 Å². The first-order valence-electron chi connectivity index (χ1n) is 11.7. The Bertz CT molecular complexity index is 447. The number of rotatable bonds is 9. The van der Waals surface area contributed by atoms with Gasteiger partial charge >= 0.3 is 6.11 Å². The molecule has 0 aromatic rings. The molecule has 27 heavy (non-hydrogen) atoms. The van der Waals surface area contributed by atoms with Crippen molar-refractivity contribution in [1.82, 2.24) is 0 Å². The fourth-order valence-electron chi connectivity index (χ4n) is 6.06. The van der Waals surface area contributed by atoms with Gasteiger partial charge in [-0.25, -0.2) is 0 Å². The van der Waals surface area contributed by atoms with E-state index in [1.54, 1.807) is 0 Å². The molecule has 3 aliphatic rings. The summed E-state index contributed by atoms with van der Waals surface area (Å²) in [5, 5.41) is 0. The zero-order valence-corrected chi connectivity index (χ0v) is 17.3. The average Bonchev–Trinajstić information content (AvgIpc) is 2.67. The van der Waals surface area contributed by atoms with E-state index in [0.717, 1.165) is 50.9 Å². The van der Waals surface area contributed by atoms with Crippen LogP contribution >= 0.6 is 0 Å². The van der Waals surface area contributed by atoms with E-state index in [2.05, 4.69) is 13.5 Å². The second-order valence-electron chi connectivity index (χ2n) is 9.59. The van der Waals surface area contributed by atoms with Crippen molar-refractivity contribution >= 4 is 0 Å². The van der Waals surface area contributed by atoms with Crippen molar-refractivity contribution < 1.29 is 13.5 Å². The van der Waals surface area contributed by atoms with Crippen molar-refractivity contribution in [3.8, 4) is 0 Å². The molecule has 0 N–H and O–H groups in total. The molecule has 3 rings (SSSR count). The molecule has 0 aromatic heterocycles. The summed E-state index contributed by atoms with van der Waals surface area (Å²) in [5.74, 6) is 1.56. The lowest BCUT2D eigenvalue weighted by atomic mass is 9.65. The number of alkyl halides is 2. The van der Waals surface area contributed by atoms with Crippen LogP contribution in [-0.2, 0) is 4.74 Å². The van der Waals surface area contributed by atoms with Crippen molar-refractivity contribution in [2.45, 2.75) is 109 Å². The molecule has 1 saturated heterocycles. The Hall–Kier alpha value is -0.440. The van der Waals surface area contributed by atoms with Gasteiger partial charge in [-0.15, -0.1) is 6.58 Å². The highest BCUT2D eigenvalue weighted by Gasteiger charge is 2.62. The monoisotopic (exact) mass is 382 g/mol. The predicted octanol–water partition coefficient (Wildman–Crippen LogP) is 7.75. The molecule has 3 fully saturated rings. The third kappa shape index (κ3) is 5.34. The van der Waals surface area contributed by atoms with Gasteiger partial charge in [-0.3, -0.25) is 0 Å². The summed E-state index contributed by atoms with van der Waals surface area (Å²) in [5.41, 5.74) is 0. The van der Waals surface area contributed by atoms with Crippen molar-refractivity contribution in [3.05, 3.63) is 12.7 Å². The van der Waals surface area contributed by atoms with Gasteiger partial charge in [0.25, 0.3) is 0 Å². The van der Waals surface area contributed by atoms with Gasteiger partial charge in [0.15, 0.2) is 0 Å². The summed E-state index contributed by atoms with van der Waals surface area (Å²) in [6.07, 6.45) is 15.2. The molecular formula is C24H40F2O. The fourth-order valence-corrected chi connectivity index (χ4v) is 6.06. The van der Waals surface area contributed by atoms with Crippen molar-refractivity contribution in [2.75, 3.05) is 0 Å². The van der Waals surface area contributed by atoms with Crippen LogP contribution in [-0.4, -0.2) is 12.2 Å². The number of hydrogen-bond donors (Lipinski definition) is 0. The highest BCUT2D eigenvalue weighted by atomic mass is 19.3. The van der Waals surface area contributed by atoms with E-state index in [9.17, 15) is 8.78 Å². The van der Waals surface area contributed by atoms with Gasteiger partial charge in [0, 0.05) is 0 Å². The minimum atomic E-state index is -2.87. The highest BCUT2D eigenvalue weighted by Crippen LogP contribution is 2.55. The van der Waals surface area contributed by atoms with Gasteiger partial charge in [0.2, 0.25) is 0 Å². The van der Waals surface area contributed by atoms with E-state index < -0.39 is 12.0 Å². The third-order valence-corrected chi connectivity index (χ3v) is 7.79. The first-order chi connectivity index (χ1) is 13.0. The molecule has 0 aromatic carbocycles. The standard InChI is InChI=1S/C24H40F2O/c1-3-5-7-9-19-12-16-21(17-13-19)23-22(24(25,26)27-23)20-14-10-18(11-15-20)8-6-4-2/h4,18-23H,2-3,5-17H2,1H3/t18?,19?,20?,21?,22-,23-/m0/s1. The molecule has 0 radical (unpaired) electrons. The molecular weight excluding hydrogens is 342 g/mol. The van der Waals surface area contributed by atoms with Gasteiger partial charge in [-0.2, -0.15) is 8.78 Å². The van der Waals surface area contributed by atoms with Crippen LogP contribution < -0.4 is 0 Å². The Balaban J connectivity index is 1.47. The van der Waals surface area contributed by atoms with Gasteiger partial charge in [-0.05, 0) is 62.2 Å². The molecule has 1 heterocycles. The van der Waals surface area contributed by atoms with Gasteiger partial charge in [0.05, 0.1) is 12.0 Å². The van der Waals surface area contributed by atoms with Crippen molar-refractivity contribution in [3.63, 3.8) is 0 Å². The summed E-state index contributed by atoms with van der Waals surface area (Å²) >= 11 is 0. The van der Waals surface area contributed by atoms with E-state index >= 15 is 0 Å². The second-order valence-corrected chi connectivity index (χ2v) is 9.59. The minimum absolute atomic E-state index is 0.168. The molecule has 2 atom stereocenters. The van der Waals surface area contributed by atoms with Gasteiger partial charge in [-0.1, -0.05) is 64.4 Å². The second kappa shape index (κ2) is 9.85. The lowest BCUT2D eigenvalue weighted by Gasteiger charge is -2.53. The summed E-state index contributed by atoms with van der Waals surface area (Å²) < 4.78 is 33.9. The third-order valence-electron chi connectivity index (χ3n) is 7.79. The molecule has 0 unspecified atom stereocenters. The molecule has 2 aliphatic carbocycles. The van der Waals surface area contributed by atoms with E-state index in [0.29, 0.717) is 11.8 Å². The average molecular weight is 383 g/mol. The number of allylic oxidation sites excluding steroid dienone is 1. The van der Waals surface area contributed by atoms with Gasteiger partial charge in [0.1, 0.15) is 0 Å². The number of ether oxygens (including phenoxy) is 1. The molecule has 0 spiro atoms. The lowest BCUT2D eigenvalue weighted by molar-refractivity contribution is -0.418. The summed E-state index contributed by atoms with van der Waals surface area (Å²) in [4.78, 5) is 0. The molecule has 156 valence electrons. The Morgan fingerprint density at radius 2 is 1.48 bits per heavy atom. The maximum absolute atomic E-state index is 14.3. The molecule has 0 amide bonds. The smallest absolute Gasteiger partial charge is 0.316 e. The first kappa shape index (κ1) is 21.3. The Labute approximate surface area is 165 Å². The number of unbranched alkanes of at least 4 members (excludes halogenated alkanes) is 2. The first-order valence-corrected chi connectivity index (χ1v) is 11.7. The minimum Gasteiger partial charge on any atom is -0.316 e. The quantitative estimate of drug-likeness (QED) is 0.292. The number of halogens is 2. The SMILES string of the molecule is C=CCCC1CCC([C@H]2[C@H](C3CCC(CCCCC)CC3)OC2(F)F)CC1. The van der Waals surface area contributed by atoms with E-state index in [4.69, 9.17) is 4.74 Å². The Morgan fingerprint density at radius 3 is 2.04 bits per heavy atom. The van der Waals surface area contributed by atoms with E-state index in [1.807, 2.05) is 6.08 Å². The van der Waals surface area contributed by atoms with Crippen LogP contribution in [0.4, 0.5) is 8.78 Å². The van der Waals surface area contributed by atoms with Crippen LogP contribution in [0.15, 0.2) is 12.7 Å². The zero-order valence-electron chi connectivity index (χ0n) is 17.3. The molecule has 2 saturated carbocycles. The van der Waals surface area contributed by atoms with Crippen LogP contribution in [0, 0.1) is 29.6 Å². The molecule has 3 heteroatoms. The Morgan fingerprint density at radius 1 is 0.889 bits per heavy atom. The fraction of sp³-hybridized carbons (Fsp3) is 0.917. The summed E-state index contributed by atoms with van der Waals surface area (Å²) in [6, 6.07) is 0. The van der Waals surface area contributed by atoms with Crippen LogP contribution in [0.1, 0.15) is 96.8 Å². The van der Waals surface area contributed by atoms with Crippen molar-refractivity contribution in [2.24, 2.45) is 29.6 Å². The predicted molar refractivity (Wildman–Crippen MR) is 108 cm³/mol. The zero-order chi connectivity index (χ0) is 19.3. The molecule has 1 nitrogen and oxygen atoms in total. The maximum atomic E-state index is 14.3. The Kier molecular flexibility index (Phi) is 7.76. The van der Waals surface area contributed by atoms with Crippen LogP contribution in [0.5, 0.6) is 0 Å². The van der Waals surface area contributed by atoms with E-state index in [-0.39, 0.29) is 12.0 Å². The lowest BCUT2D eigenvalue weighted by Crippen LogP contribution is -2.61. The largest absolute Gasteiger partial charge is 0.361 e. The van der Waals surface area contributed by atoms with Crippen LogP contribution in [0.25, 0.3) is 0 Å². The van der Waals surface area contributed by atoms with Gasteiger partial charge < -0.3 is 4.74 Å². The molecule has 0 bridgehead atoms. The van der Waals surface area contributed by atoms with E-state index in [1.165, 1.54) is 44.9 Å². The summed E-state index contributed by atoms with van der Waals surface area (Å²) in [7, 11) is 0. The summed E-state index contributed by atoms with van der Waals surface area (Å²) in [6.45, 7) is 6.05.